The number of carbonyl (C=O) groups excluding carboxylic acids is 1. The third kappa shape index (κ3) is 4.79. The van der Waals surface area contributed by atoms with Crippen LogP contribution in [0.1, 0.15) is 42.5 Å². The topological polar surface area (TPSA) is 79.0 Å². The molecule has 2 aliphatic rings. The third-order valence-corrected chi connectivity index (χ3v) is 8.00. The Morgan fingerprint density at radius 3 is 2.48 bits per heavy atom. The van der Waals surface area contributed by atoms with Gasteiger partial charge in [-0.05, 0) is 45.1 Å². The highest BCUT2D eigenvalue weighted by Crippen LogP contribution is 2.31. The van der Waals surface area contributed by atoms with Crippen molar-refractivity contribution in [1.29, 1.82) is 0 Å². The second-order valence-corrected chi connectivity index (χ2v) is 9.96. The van der Waals surface area contributed by atoms with Gasteiger partial charge in [0.2, 0.25) is 10.0 Å². The van der Waals surface area contributed by atoms with Crippen LogP contribution in [0.2, 0.25) is 0 Å². The van der Waals surface area contributed by atoms with E-state index in [4.69, 9.17) is 4.74 Å². The van der Waals surface area contributed by atoms with Gasteiger partial charge in [0, 0.05) is 25.2 Å². The van der Waals surface area contributed by atoms with E-state index in [2.05, 4.69) is 10.2 Å². The first-order chi connectivity index (χ1) is 13.8. The maximum atomic E-state index is 14.4. The predicted molar refractivity (Wildman–Crippen MR) is 108 cm³/mol. The van der Waals surface area contributed by atoms with Gasteiger partial charge in [0.15, 0.2) is 0 Å². The maximum Gasteiger partial charge on any atom is 0.254 e. The Balaban J connectivity index is 1.77. The molecule has 3 rings (SSSR count). The second kappa shape index (κ2) is 9.07. The zero-order chi connectivity index (χ0) is 21.1. The lowest BCUT2D eigenvalue weighted by molar-refractivity contribution is 0.0730. The summed E-state index contributed by atoms with van der Waals surface area (Å²) >= 11 is 0. The molecule has 0 aromatic heterocycles. The normalized spacial score (nSPS) is 20.6. The van der Waals surface area contributed by atoms with E-state index >= 15 is 0 Å². The molecular formula is C20H30FN3O4S. The highest BCUT2D eigenvalue weighted by Gasteiger charge is 2.35. The Bertz CT molecular complexity index is 832. The Hall–Kier alpha value is -1.55. The summed E-state index contributed by atoms with van der Waals surface area (Å²) in [7, 11) is 0.190. The molecular weight excluding hydrogens is 397 g/mol. The summed E-state index contributed by atoms with van der Waals surface area (Å²) in [6.45, 7) is 1.53. The van der Waals surface area contributed by atoms with Gasteiger partial charge < -0.3 is 15.0 Å². The van der Waals surface area contributed by atoms with Crippen molar-refractivity contribution >= 4 is 15.9 Å². The van der Waals surface area contributed by atoms with Crippen LogP contribution in [0.4, 0.5) is 4.39 Å². The van der Waals surface area contributed by atoms with Crippen molar-refractivity contribution in [3.05, 3.63) is 29.6 Å². The molecule has 0 unspecified atom stereocenters. The van der Waals surface area contributed by atoms with E-state index in [1.54, 1.807) is 0 Å². The predicted octanol–water partition coefficient (Wildman–Crippen LogP) is 1.84. The van der Waals surface area contributed by atoms with Crippen LogP contribution in [0.25, 0.3) is 0 Å². The van der Waals surface area contributed by atoms with Gasteiger partial charge in [0.25, 0.3) is 5.91 Å². The van der Waals surface area contributed by atoms with Crippen molar-refractivity contribution in [2.45, 2.75) is 42.5 Å². The van der Waals surface area contributed by atoms with Crippen molar-refractivity contribution in [3.8, 4) is 0 Å². The van der Waals surface area contributed by atoms with Crippen LogP contribution in [-0.2, 0) is 14.8 Å². The molecule has 1 saturated heterocycles. The van der Waals surface area contributed by atoms with Crippen LogP contribution in [0, 0.1) is 5.82 Å². The molecule has 7 nitrogen and oxygen atoms in total. The number of sulfonamides is 1. The standard InChI is InChI=1S/C20H30FN3O4S/c1-23(2)20(8-4-3-5-9-20)15-22-19(25)17-14-16(6-7-18(17)21)29(26,27)24-10-12-28-13-11-24/h6-7,14H,3-5,8-13,15H2,1-2H3,(H,22,25). The first-order valence-electron chi connectivity index (χ1n) is 10.1. The summed E-state index contributed by atoms with van der Waals surface area (Å²) in [5, 5.41) is 2.84. The molecule has 2 fully saturated rings. The first kappa shape index (κ1) is 22.1. The summed E-state index contributed by atoms with van der Waals surface area (Å²) in [6.07, 6.45) is 5.30. The number of amides is 1. The highest BCUT2D eigenvalue weighted by atomic mass is 32.2. The quantitative estimate of drug-likeness (QED) is 0.750. The molecule has 1 aliphatic carbocycles. The van der Waals surface area contributed by atoms with Gasteiger partial charge in [0.05, 0.1) is 23.7 Å². The Kier molecular flexibility index (Phi) is 6.93. The lowest BCUT2D eigenvalue weighted by atomic mass is 9.80. The molecule has 1 aromatic rings. The van der Waals surface area contributed by atoms with E-state index in [0.717, 1.165) is 37.8 Å². The largest absolute Gasteiger partial charge is 0.379 e. The number of morpholine rings is 1. The van der Waals surface area contributed by atoms with Gasteiger partial charge >= 0.3 is 0 Å². The van der Waals surface area contributed by atoms with Gasteiger partial charge in [-0.3, -0.25) is 4.79 Å². The molecule has 1 aliphatic heterocycles. The van der Waals surface area contributed by atoms with Crippen LogP contribution >= 0.6 is 0 Å². The fourth-order valence-corrected chi connectivity index (χ4v) is 5.54. The summed E-state index contributed by atoms with van der Waals surface area (Å²) in [4.78, 5) is 14.8. The van der Waals surface area contributed by atoms with Crippen molar-refractivity contribution < 1.29 is 22.3 Å². The zero-order valence-electron chi connectivity index (χ0n) is 17.1. The van der Waals surface area contributed by atoms with Crippen LogP contribution in [-0.4, -0.2) is 76.0 Å². The molecule has 0 spiro atoms. The molecule has 1 amide bonds. The lowest BCUT2D eigenvalue weighted by Crippen LogP contribution is -2.53. The maximum absolute atomic E-state index is 14.4. The molecule has 1 aromatic carbocycles. The Labute approximate surface area is 172 Å². The Morgan fingerprint density at radius 2 is 1.86 bits per heavy atom. The number of likely N-dealkylation sites (N-methyl/N-ethyl adjacent to an activating group) is 1. The average molecular weight is 428 g/mol. The van der Waals surface area contributed by atoms with Crippen LogP contribution in [0.15, 0.2) is 23.1 Å². The lowest BCUT2D eigenvalue weighted by Gasteiger charge is -2.43. The number of carbonyl (C=O) groups is 1. The SMILES string of the molecule is CN(C)C1(CNC(=O)c2cc(S(=O)(=O)N3CCOCC3)ccc2F)CCCCC1. The van der Waals surface area contributed by atoms with E-state index in [9.17, 15) is 17.6 Å². The number of hydrogen-bond acceptors (Lipinski definition) is 5. The van der Waals surface area contributed by atoms with E-state index < -0.39 is 21.7 Å². The number of rotatable bonds is 6. The summed E-state index contributed by atoms with van der Waals surface area (Å²) in [5.74, 6) is -1.32. The number of halogens is 1. The van der Waals surface area contributed by atoms with Gasteiger partial charge in [-0.1, -0.05) is 19.3 Å². The van der Waals surface area contributed by atoms with E-state index in [-0.39, 0.29) is 29.1 Å². The molecule has 1 saturated carbocycles. The van der Waals surface area contributed by atoms with Gasteiger partial charge in [0.1, 0.15) is 5.82 Å². The van der Waals surface area contributed by atoms with E-state index in [1.165, 1.54) is 16.8 Å². The number of hydrogen-bond donors (Lipinski definition) is 1. The molecule has 9 heteroatoms. The molecule has 162 valence electrons. The van der Waals surface area contributed by atoms with Gasteiger partial charge in [-0.15, -0.1) is 0 Å². The molecule has 0 radical (unpaired) electrons. The number of benzene rings is 1. The van der Waals surface area contributed by atoms with Crippen molar-refractivity contribution in [2.75, 3.05) is 46.9 Å². The molecule has 1 N–H and O–H groups in total. The third-order valence-electron chi connectivity index (χ3n) is 6.10. The van der Waals surface area contributed by atoms with E-state index in [1.807, 2.05) is 14.1 Å². The van der Waals surface area contributed by atoms with Gasteiger partial charge in [-0.25, -0.2) is 12.8 Å². The van der Waals surface area contributed by atoms with Crippen molar-refractivity contribution in [1.82, 2.24) is 14.5 Å². The molecule has 0 bridgehead atoms. The summed E-state index contributed by atoms with van der Waals surface area (Å²) in [6, 6.07) is 3.39. The van der Waals surface area contributed by atoms with E-state index in [0.29, 0.717) is 19.8 Å². The van der Waals surface area contributed by atoms with Gasteiger partial charge in [-0.2, -0.15) is 4.31 Å². The number of nitrogens with zero attached hydrogens (tertiary/aromatic N) is 2. The first-order valence-corrected chi connectivity index (χ1v) is 11.5. The monoisotopic (exact) mass is 427 g/mol. The summed E-state index contributed by atoms with van der Waals surface area (Å²) in [5.41, 5.74) is -0.397. The Morgan fingerprint density at radius 1 is 1.21 bits per heavy atom. The fourth-order valence-electron chi connectivity index (χ4n) is 4.11. The van der Waals surface area contributed by atoms with Crippen LogP contribution in [0.3, 0.4) is 0 Å². The van der Waals surface area contributed by atoms with Crippen LogP contribution < -0.4 is 5.32 Å². The minimum Gasteiger partial charge on any atom is -0.379 e. The average Bonchev–Trinajstić information content (AvgIpc) is 2.73. The second-order valence-electron chi connectivity index (χ2n) is 8.02. The minimum absolute atomic E-state index is 0.0778. The fraction of sp³-hybridized carbons (Fsp3) is 0.650. The van der Waals surface area contributed by atoms with Crippen molar-refractivity contribution in [3.63, 3.8) is 0 Å². The minimum atomic E-state index is -3.80. The summed E-state index contributed by atoms with van der Waals surface area (Å²) < 4.78 is 46.5. The highest BCUT2D eigenvalue weighted by molar-refractivity contribution is 7.89. The number of nitrogens with one attached hydrogen (secondary N) is 1. The molecule has 1 heterocycles. The van der Waals surface area contributed by atoms with Crippen molar-refractivity contribution in [2.24, 2.45) is 0 Å². The molecule has 29 heavy (non-hydrogen) atoms. The zero-order valence-corrected chi connectivity index (χ0v) is 17.9. The number of ether oxygens (including phenoxy) is 1. The molecule has 0 atom stereocenters. The smallest absolute Gasteiger partial charge is 0.254 e. The van der Waals surface area contributed by atoms with Crippen LogP contribution in [0.5, 0.6) is 0 Å².